The Kier molecular flexibility index (Phi) is 3.00. The molecule has 0 aromatic heterocycles. The average Bonchev–Trinajstić information content (AvgIpc) is 3.37. The zero-order valence-electron chi connectivity index (χ0n) is 12.3. The van der Waals surface area contributed by atoms with E-state index in [4.69, 9.17) is 4.74 Å². The van der Waals surface area contributed by atoms with Crippen LogP contribution in [-0.2, 0) is 4.74 Å². The smallest absolute Gasteiger partial charge is 0.248 e. The Morgan fingerprint density at radius 3 is 2.39 bits per heavy atom. The van der Waals surface area contributed by atoms with Gasteiger partial charge >= 0.3 is 0 Å². The van der Waals surface area contributed by atoms with Crippen LogP contribution < -0.4 is 0 Å². The number of ether oxygens (including phenoxy) is 1. The number of carbonyl (C=O) groups is 1. The van der Waals surface area contributed by atoms with Gasteiger partial charge in [-0.15, -0.1) is 0 Å². The van der Waals surface area contributed by atoms with Crippen LogP contribution in [0.3, 0.4) is 0 Å². The fraction of sp³-hybridized carbons (Fsp3) is 0.100. The Balaban J connectivity index is 1.71. The van der Waals surface area contributed by atoms with Crippen molar-refractivity contribution in [3.8, 4) is 6.07 Å². The minimum atomic E-state index is -1.40. The van der Waals surface area contributed by atoms with Crippen LogP contribution in [0.4, 0.5) is 0 Å². The molecule has 110 valence electrons. The van der Waals surface area contributed by atoms with Crippen LogP contribution in [-0.4, -0.2) is 11.4 Å². The van der Waals surface area contributed by atoms with E-state index >= 15 is 0 Å². The Labute approximate surface area is 133 Å². The summed E-state index contributed by atoms with van der Waals surface area (Å²) >= 11 is 0. The SMILES string of the molecule is N#C[C@@]1(C(=O)c2ccccc2)O[C@H]1c1ccc2ccccc2c1. The molecule has 0 radical (unpaired) electrons. The highest BCUT2D eigenvalue weighted by Crippen LogP contribution is 2.51. The summed E-state index contributed by atoms with van der Waals surface area (Å²) in [5.74, 6) is -0.279. The van der Waals surface area contributed by atoms with Gasteiger partial charge in [-0.1, -0.05) is 66.7 Å². The second kappa shape index (κ2) is 5.05. The first-order chi connectivity index (χ1) is 11.2. The predicted molar refractivity (Wildman–Crippen MR) is 86.9 cm³/mol. The van der Waals surface area contributed by atoms with Crippen LogP contribution >= 0.6 is 0 Å². The van der Waals surface area contributed by atoms with Crippen LogP contribution in [0.2, 0.25) is 0 Å². The number of carbonyl (C=O) groups excluding carboxylic acids is 1. The van der Waals surface area contributed by atoms with E-state index in [1.165, 1.54) is 0 Å². The van der Waals surface area contributed by atoms with Gasteiger partial charge in [0.25, 0.3) is 0 Å². The van der Waals surface area contributed by atoms with E-state index in [2.05, 4.69) is 6.07 Å². The topological polar surface area (TPSA) is 53.4 Å². The van der Waals surface area contributed by atoms with Crippen molar-refractivity contribution in [2.45, 2.75) is 11.7 Å². The molecule has 1 aliphatic rings. The molecule has 3 aromatic rings. The fourth-order valence-electron chi connectivity index (χ4n) is 2.94. The monoisotopic (exact) mass is 299 g/mol. The predicted octanol–water partition coefficient (Wildman–Crippen LogP) is 4.06. The summed E-state index contributed by atoms with van der Waals surface area (Å²) in [7, 11) is 0. The third-order valence-electron chi connectivity index (χ3n) is 4.23. The number of ketones is 1. The Hall–Kier alpha value is -2.96. The van der Waals surface area contributed by atoms with Gasteiger partial charge in [-0.2, -0.15) is 5.26 Å². The lowest BCUT2D eigenvalue weighted by Gasteiger charge is -2.04. The molecule has 3 heteroatoms. The summed E-state index contributed by atoms with van der Waals surface area (Å²) in [6.07, 6.45) is -0.509. The van der Waals surface area contributed by atoms with Crippen molar-refractivity contribution in [2.24, 2.45) is 0 Å². The van der Waals surface area contributed by atoms with Crippen LogP contribution in [0.25, 0.3) is 10.8 Å². The van der Waals surface area contributed by atoms with Crippen molar-refractivity contribution in [2.75, 3.05) is 0 Å². The second-order valence-corrected chi connectivity index (χ2v) is 5.65. The van der Waals surface area contributed by atoms with E-state index < -0.39 is 11.7 Å². The van der Waals surface area contributed by atoms with Crippen molar-refractivity contribution < 1.29 is 9.53 Å². The maximum atomic E-state index is 12.7. The van der Waals surface area contributed by atoms with Crippen molar-refractivity contribution in [3.63, 3.8) is 0 Å². The number of rotatable bonds is 3. The summed E-state index contributed by atoms with van der Waals surface area (Å²) in [6.45, 7) is 0. The van der Waals surface area contributed by atoms with E-state index in [-0.39, 0.29) is 5.78 Å². The first-order valence-electron chi connectivity index (χ1n) is 7.42. The number of hydrogen-bond acceptors (Lipinski definition) is 3. The molecule has 1 fully saturated rings. The Morgan fingerprint density at radius 2 is 1.65 bits per heavy atom. The molecule has 1 saturated heterocycles. The molecular weight excluding hydrogens is 286 g/mol. The highest BCUT2D eigenvalue weighted by molar-refractivity contribution is 6.07. The van der Waals surface area contributed by atoms with Gasteiger partial charge < -0.3 is 4.74 Å². The van der Waals surface area contributed by atoms with Gasteiger partial charge in [-0.25, -0.2) is 0 Å². The summed E-state index contributed by atoms with van der Waals surface area (Å²) in [4.78, 5) is 12.7. The fourth-order valence-corrected chi connectivity index (χ4v) is 2.94. The normalized spacial score (nSPS) is 22.5. The molecule has 0 aliphatic carbocycles. The largest absolute Gasteiger partial charge is 0.338 e. The molecule has 0 spiro atoms. The molecule has 1 heterocycles. The Bertz CT molecular complexity index is 943. The summed E-state index contributed by atoms with van der Waals surface area (Å²) in [5.41, 5.74) is -0.0454. The molecule has 0 N–H and O–H groups in total. The molecule has 3 nitrogen and oxygen atoms in total. The zero-order valence-corrected chi connectivity index (χ0v) is 12.3. The van der Waals surface area contributed by atoms with Gasteiger partial charge in [-0.3, -0.25) is 4.79 Å². The zero-order chi connectivity index (χ0) is 15.9. The van der Waals surface area contributed by atoms with Crippen molar-refractivity contribution >= 4 is 16.6 Å². The third kappa shape index (κ3) is 2.12. The lowest BCUT2D eigenvalue weighted by Crippen LogP contribution is -2.23. The number of nitrogens with zero attached hydrogens (tertiary/aromatic N) is 1. The summed E-state index contributed by atoms with van der Waals surface area (Å²) in [6, 6.07) is 24.8. The first kappa shape index (κ1) is 13.7. The summed E-state index contributed by atoms with van der Waals surface area (Å²) in [5, 5.41) is 11.7. The molecular formula is C20H13NO2. The van der Waals surface area contributed by atoms with E-state index in [0.717, 1.165) is 16.3 Å². The Morgan fingerprint density at radius 1 is 0.957 bits per heavy atom. The van der Waals surface area contributed by atoms with Gasteiger partial charge in [0, 0.05) is 5.56 Å². The standard InChI is InChI=1S/C20H13NO2/c21-13-20(18(22)15-7-2-1-3-8-15)19(23-20)17-11-10-14-6-4-5-9-16(14)12-17/h1-12,19H/t19-,20-/m0/s1. The quantitative estimate of drug-likeness (QED) is 0.541. The molecule has 23 heavy (non-hydrogen) atoms. The van der Waals surface area contributed by atoms with E-state index in [9.17, 15) is 10.1 Å². The van der Waals surface area contributed by atoms with Crippen LogP contribution in [0, 0.1) is 11.3 Å². The third-order valence-corrected chi connectivity index (χ3v) is 4.23. The van der Waals surface area contributed by atoms with Crippen LogP contribution in [0.1, 0.15) is 22.0 Å². The number of benzene rings is 3. The number of fused-ring (bicyclic) bond motifs is 1. The molecule has 0 amide bonds. The van der Waals surface area contributed by atoms with Crippen molar-refractivity contribution in [3.05, 3.63) is 83.9 Å². The lowest BCUT2D eigenvalue weighted by molar-refractivity contribution is 0.0914. The van der Waals surface area contributed by atoms with Gasteiger partial charge in [0.15, 0.2) is 0 Å². The van der Waals surface area contributed by atoms with Gasteiger partial charge in [0.2, 0.25) is 11.4 Å². The van der Waals surface area contributed by atoms with E-state index in [0.29, 0.717) is 5.56 Å². The van der Waals surface area contributed by atoms with Crippen molar-refractivity contribution in [1.82, 2.24) is 0 Å². The van der Waals surface area contributed by atoms with Gasteiger partial charge in [-0.05, 0) is 22.4 Å². The number of epoxide rings is 1. The molecule has 1 aliphatic heterocycles. The van der Waals surface area contributed by atoms with Crippen molar-refractivity contribution in [1.29, 1.82) is 5.26 Å². The second-order valence-electron chi connectivity index (χ2n) is 5.65. The highest BCUT2D eigenvalue weighted by Gasteiger charge is 2.64. The van der Waals surface area contributed by atoms with Crippen LogP contribution in [0.5, 0.6) is 0 Å². The van der Waals surface area contributed by atoms with Crippen LogP contribution in [0.15, 0.2) is 72.8 Å². The van der Waals surface area contributed by atoms with E-state index in [1.54, 1.807) is 24.3 Å². The number of nitriles is 1. The highest BCUT2D eigenvalue weighted by atomic mass is 16.6. The van der Waals surface area contributed by atoms with Gasteiger partial charge in [0.05, 0.1) is 0 Å². The maximum Gasteiger partial charge on any atom is 0.248 e. The molecule has 0 unspecified atom stereocenters. The lowest BCUT2D eigenvalue weighted by atomic mass is 9.91. The molecule has 3 aromatic carbocycles. The summed E-state index contributed by atoms with van der Waals surface area (Å²) < 4.78 is 5.59. The molecule has 0 saturated carbocycles. The number of Topliss-reactive ketones (excluding diaryl/α,β-unsaturated/α-hetero) is 1. The number of hydrogen-bond donors (Lipinski definition) is 0. The minimum absolute atomic E-state index is 0.279. The molecule has 4 rings (SSSR count). The molecule has 0 bridgehead atoms. The minimum Gasteiger partial charge on any atom is -0.338 e. The maximum absolute atomic E-state index is 12.7. The molecule has 2 atom stereocenters. The van der Waals surface area contributed by atoms with E-state index in [1.807, 2.05) is 48.5 Å². The first-order valence-corrected chi connectivity index (χ1v) is 7.42. The average molecular weight is 299 g/mol. The van der Waals surface area contributed by atoms with Gasteiger partial charge in [0.1, 0.15) is 12.2 Å².